The van der Waals surface area contributed by atoms with Crippen LogP contribution in [0.4, 0.5) is 10.5 Å². The Kier molecular flexibility index (Phi) is 3.77. The van der Waals surface area contributed by atoms with Gasteiger partial charge in [0.1, 0.15) is 6.07 Å². The van der Waals surface area contributed by atoms with E-state index in [1.807, 2.05) is 6.07 Å². The summed E-state index contributed by atoms with van der Waals surface area (Å²) in [6.07, 6.45) is -1.16. The Morgan fingerprint density at radius 2 is 2.20 bits per heavy atom. The third kappa shape index (κ3) is 3.20. The summed E-state index contributed by atoms with van der Waals surface area (Å²) in [4.78, 5) is 22.2. The van der Waals surface area contributed by atoms with Crippen molar-refractivity contribution < 1.29 is 9.90 Å². The molecule has 1 aromatic carbocycles. The monoisotopic (exact) mass is 270 g/mol. The number of nitrogens with one attached hydrogen (secondary N) is 1. The van der Waals surface area contributed by atoms with Crippen LogP contribution in [-0.4, -0.2) is 21.0 Å². The second-order valence-electron chi connectivity index (χ2n) is 3.96. The third-order valence-electron chi connectivity index (χ3n) is 2.49. The summed E-state index contributed by atoms with van der Waals surface area (Å²) in [7, 11) is 0. The van der Waals surface area contributed by atoms with E-state index in [1.165, 1.54) is 12.1 Å². The molecule has 0 saturated carbocycles. The highest BCUT2D eigenvalue weighted by atomic mass is 16.4. The number of amides is 1. The van der Waals surface area contributed by atoms with E-state index in [9.17, 15) is 9.59 Å². The van der Waals surface area contributed by atoms with E-state index in [-0.39, 0.29) is 17.8 Å². The van der Waals surface area contributed by atoms with E-state index in [0.29, 0.717) is 11.3 Å². The number of rotatable bonds is 3. The Labute approximate surface area is 113 Å². The summed E-state index contributed by atoms with van der Waals surface area (Å²) in [5, 5.41) is 23.5. The van der Waals surface area contributed by atoms with Crippen LogP contribution in [0.3, 0.4) is 0 Å². The lowest BCUT2D eigenvalue weighted by atomic mass is 10.2. The highest BCUT2D eigenvalue weighted by Crippen LogP contribution is 2.11. The Balaban J connectivity index is 2.28. The van der Waals surface area contributed by atoms with Gasteiger partial charge in [0, 0.05) is 11.8 Å². The molecule has 0 saturated heterocycles. The van der Waals surface area contributed by atoms with E-state index < -0.39 is 6.09 Å². The van der Waals surface area contributed by atoms with Crippen LogP contribution in [0.2, 0.25) is 0 Å². The molecular weight excluding hydrogens is 260 g/mol. The van der Waals surface area contributed by atoms with Gasteiger partial charge in [0.05, 0.1) is 6.54 Å². The maximum atomic E-state index is 11.6. The first kappa shape index (κ1) is 13.3. The normalized spacial score (nSPS) is 9.75. The van der Waals surface area contributed by atoms with Crippen molar-refractivity contribution in [3.63, 3.8) is 0 Å². The number of nitrogens with zero attached hydrogens (tertiary/aromatic N) is 3. The van der Waals surface area contributed by atoms with E-state index >= 15 is 0 Å². The fourth-order valence-electron chi connectivity index (χ4n) is 1.67. The molecule has 0 aliphatic carbocycles. The Morgan fingerprint density at radius 1 is 1.40 bits per heavy atom. The van der Waals surface area contributed by atoms with Crippen LogP contribution in [0.15, 0.2) is 41.2 Å². The summed E-state index contributed by atoms with van der Waals surface area (Å²) in [5.74, 6) is 0. The van der Waals surface area contributed by atoms with Gasteiger partial charge in [0.2, 0.25) is 0 Å². The van der Waals surface area contributed by atoms with Crippen LogP contribution in [0.5, 0.6) is 0 Å². The number of aromatic nitrogens is 2. The molecule has 0 unspecified atom stereocenters. The number of nitriles is 1. The summed E-state index contributed by atoms with van der Waals surface area (Å²) in [5.41, 5.74) is 0.908. The quantitative estimate of drug-likeness (QED) is 0.872. The van der Waals surface area contributed by atoms with Gasteiger partial charge in [0.15, 0.2) is 5.69 Å². The summed E-state index contributed by atoms with van der Waals surface area (Å²) in [6.45, 7) is 0.156. The number of carboxylic acid groups (broad SMARTS) is 1. The molecule has 0 bridgehead atoms. The van der Waals surface area contributed by atoms with Crippen molar-refractivity contribution in [1.82, 2.24) is 9.78 Å². The maximum absolute atomic E-state index is 11.6. The lowest BCUT2D eigenvalue weighted by Gasteiger charge is -2.06. The van der Waals surface area contributed by atoms with Gasteiger partial charge in [-0.15, -0.1) is 0 Å². The molecule has 2 aromatic rings. The van der Waals surface area contributed by atoms with Gasteiger partial charge in [-0.1, -0.05) is 12.1 Å². The molecule has 0 radical (unpaired) electrons. The zero-order valence-electron chi connectivity index (χ0n) is 10.3. The molecule has 0 spiro atoms. The molecule has 1 heterocycles. The molecule has 0 aliphatic rings. The molecule has 1 aromatic heterocycles. The zero-order valence-corrected chi connectivity index (χ0v) is 10.3. The Morgan fingerprint density at radius 3 is 2.90 bits per heavy atom. The zero-order chi connectivity index (χ0) is 14.5. The van der Waals surface area contributed by atoms with E-state index in [1.54, 1.807) is 24.3 Å². The molecule has 20 heavy (non-hydrogen) atoms. The van der Waals surface area contributed by atoms with Gasteiger partial charge in [0.25, 0.3) is 5.56 Å². The van der Waals surface area contributed by atoms with Crippen molar-refractivity contribution in [3.05, 3.63) is 58.0 Å². The average molecular weight is 270 g/mol. The summed E-state index contributed by atoms with van der Waals surface area (Å²) in [6, 6.07) is 11.1. The van der Waals surface area contributed by atoms with Gasteiger partial charge in [-0.05, 0) is 23.8 Å². The number of anilines is 1. The van der Waals surface area contributed by atoms with Crippen molar-refractivity contribution in [1.29, 1.82) is 5.26 Å². The van der Waals surface area contributed by atoms with E-state index in [2.05, 4.69) is 10.4 Å². The first-order valence-electron chi connectivity index (χ1n) is 5.65. The number of hydrogen-bond acceptors (Lipinski definition) is 4. The Hall–Kier alpha value is -3.14. The van der Waals surface area contributed by atoms with Gasteiger partial charge >= 0.3 is 6.09 Å². The van der Waals surface area contributed by atoms with Crippen molar-refractivity contribution in [2.24, 2.45) is 0 Å². The minimum absolute atomic E-state index is 0.143. The highest BCUT2D eigenvalue weighted by molar-refractivity contribution is 5.82. The molecule has 7 heteroatoms. The van der Waals surface area contributed by atoms with Crippen molar-refractivity contribution in [3.8, 4) is 6.07 Å². The van der Waals surface area contributed by atoms with E-state index in [4.69, 9.17) is 10.4 Å². The average Bonchev–Trinajstić information content (AvgIpc) is 2.41. The predicted molar refractivity (Wildman–Crippen MR) is 70.4 cm³/mol. The molecule has 100 valence electrons. The first-order valence-corrected chi connectivity index (χ1v) is 5.65. The van der Waals surface area contributed by atoms with Crippen LogP contribution in [0.1, 0.15) is 11.3 Å². The molecule has 2 rings (SSSR count). The van der Waals surface area contributed by atoms with Gasteiger partial charge in [-0.25, -0.2) is 9.48 Å². The number of benzene rings is 1. The van der Waals surface area contributed by atoms with Crippen molar-refractivity contribution >= 4 is 11.8 Å². The van der Waals surface area contributed by atoms with Crippen LogP contribution in [0.25, 0.3) is 0 Å². The fourth-order valence-corrected chi connectivity index (χ4v) is 1.67. The van der Waals surface area contributed by atoms with Crippen LogP contribution >= 0.6 is 0 Å². The predicted octanol–water partition coefficient (Wildman–Crippen LogP) is 1.25. The minimum Gasteiger partial charge on any atom is -0.465 e. The molecule has 0 atom stereocenters. The number of hydrogen-bond donors (Lipinski definition) is 2. The fraction of sp³-hybridized carbons (Fsp3) is 0.0769. The van der Waals surface area contributed by atoms with Crippen LogP contribution in [-0.2, 0) is 6.54 Å². The lowest BCUT2D eigenvalue weighted by molar-refractivity contribution is 0.210. The largest absolute Gasteiger partial charge is 0.465 e. The molecular formula is C13H10N4O3. The highest BCUT2D eigenvalue weighted by Gasteiger charge is 2.03. The SMILES string of the molecule is N#Cc1ccc(=O)n(Cc2cccc(NC(=O)O)c2)n1. The molecule has 0 fully saturated rings. The first-order chi connectivity index (χ1) is 9.58. The molecule has 0 aliphatic heterocycles. The van der Waals surface area contributed by atoms with Gasteiger partial charge < -0.3 is 5.11 Å². The molecule has 2 N–H and O–H groups in total. The number of carbonyl (C=O) groups is 1. The van der Waals surface area contributed by atoms with E-state index in [0.717, 1.165) is 4.68 Å². The van der Waals surface area contributed by atoms with Crippen LogP contribution < -0.4 is 10.9 Å². The summed E-state index contributed by atoms with van der Waals surface area (Å²) >= 11 is 0. The third-order valence-corrected chi connectivity index (χ3v) is 2.49. The molecule has 7 nitrogen and oxygen atoms in total. The second kappa shape index (κ2) is 5.67. The van der Waals surface area contributed by atoms with Crippen molar-refractivity contribution in [2.45, 2.75) is 6.54 Å². The topological polar surface area (TPSA) is 108 Å². The maximum Gasteiger partial charge on any atom is 0.409 e. The molecule has 1 amide bonds. The van der Waals surface area contributed by atoms with Gasteiger partial charge in [-0.3, -0.25) is 10.1 Å². The standard InChI is InChI=1S/C13H10N4O3/c14-7-11-4-5-12(18)17(16-11)8-9-2-1-3-10(6-9)15-13(19)20/h1-6,15H,8H2,(H,19,20). The smallest absolute Gasteiger partial charge is 0.409 e. The second-order valence-corrected chi connectivity index (χ2v) is 3.96. The lowest BCUT2D eigenvalue weighted by Crippen LogP contribution is -2.23. The van der Waals surface area contributed by atoms with Crippen LogP contribution in [0, 0.1) is 11.3 Å². The Bertz CT molecular complexity index is 746. The van der Waals surface area contributed by atoms with Crippen molar-refractivity contribution in [2.75, 3.05) is 5.32 Å². The minimum atomic E-state index is -1.16. The summed E-state index contributed by atoms with van der Waals surface area (Å²) < 4.78 is 1.15. The van der Waals surface area contributed by atoms with Gasteiger partial charge in [-0.2, -0.15) is 10.4 Å².